The van der Waals surface area contributed by atoms with Crippen LogP contribution in [0.25, 0.3) is 0 Å². The molecule has 4 heteroatoms. The average Bonchev–Trinajstić information content (AvgIpc) is 2.86. The smallest absolute Gasteiger partial charge is 0.182 e. The van der Waals surface area contributed by atoms with Gasteiger partial charge in [0.25, 0.3) is 0 Å². The van der Waals surface area contributed by atoms with Crippen LogP contribution in [0.3, 0.4) is 0 Å². The van der Waals surface area contributed by atoms with E-state index in [0.717, 1.165) is 18.3 Å². The molecule has 1 fully saturated rings. The Morgan fingerprint density at radius 1 is 1.50 bits per heavy atom. The number of nitrogens with one attached hydrogen (secondary N) is 1. The molecule has 1 aromatic rings. The summed E-state index contributed by atoms with van der Waals surface area (Å²) in [5, 5.41) is 6.19. The minimum Gasteiger partial charge on any atom is -0.376 e. The number of aromatic nitrogens is 1. The fourth-order valence-electron chi connectivity index (χ4n) is 1.75. The molecule has 0 unspecified atom stereocenters. The molecule has 3 nitrogen and oxygen atoms in total. The standard InChI is InChI=1S/C10H16N2OS/c1-2-4-9(3-1)13-7-5-11-10-12-6-8-14-10/h6,8-9H,1-5,7H2,(H,11,12). The summed E-state index contributed by atoms with van der Waals surface area (Å²) in [5.41, 5.74) is 0. The fourth-order valence-corrected chi connectivity index (χ4v) is 2.31. The minimum absolute atomic E-state index is 0.521. The Labute approximate surface area is 88.5 Å². The van der Waals surface area contributed by atoms with E-state index in [1.165, 1.54) is 25.7 Å². The van der Waals surface area contributed by atoms with Gasteiger partial charge in [-0.25, -0.2) is 4.98 Å². The highest BCUT2D eigenvalue weighted by atomic mass is 32.1. The predicted octanol–water partition coefficient (Wildman–Crippen LogP) is 2.51. The molecule has 1 N–H and O–H groups in total. The van der Waals surface area contributed by atoms with E-state index >= 15 is 0 Å². The Morgan fingerprint density at radius 3 is 3.07 bits per heavy atom. The van der Waals surface area contributed by atoms with Crippen LogP contribution in [0.5, 0.6) is 0 Å². The number of hydrogen-bond acceptors (Lipinski definition) is 4. The first-order valence-corrected chi connectivity index (χ1v) is 6.08. The number of ether oxygens (including phenoxy) is 1. The Hall–Kier alpha value is -0.610. The number of hydrogen-bond donors (Lipinski definition) is 1. The first kappa shape index (κ1) is 9.93. The van der Waals surface area contributed by atoms with Crippen LogP contribution in [0.1, 0.15) is 25.7 Å². The van der Waals surface area contributed by atoms with Crippen LogP contribution >= 0.6 is 11.3 Å². The van der Waals surface area contributed by atoms with E-state index in [0.29, 0.717) is 6.10 Å². The van der Waals surface area contributed by atoms with Gasteiger partial charge in [-0.1, -0.05) is 12.8 Å². The maximum absolute atomic E-state index is 5.72. The Balaban J connectivity index is 1.55. The summed E-state index contributed by atoms with van der Waals surface area (Å²) in [6, 6.07) is 0. The third-order valence-corrected chi connectivity index (χ3v) is 3.20. The van der Waals surface area contributed by atoms with E-state index in [9.17, 15) is 0 Å². The van der Waals surface area contributed by atoms with Crippen molar-refractivity contribution in [2.24, 2.45) is 0 Å². The second kappa shape index (κ2) is 5.32. The summed E-state index contributed by atoms with van der Waals surface area (Å²) in [4.78, 5) is 4.14. The van der Waals surface area contributed by atoms with Gasteiger partial charge in [-0.15, -0.1) is 11.3 Å². The summed E-state index contributed by atoms with van der Waals surface area (Å²) in [5.74, 6) is 0. The van der Waals surface area contributed by atoms with Gasteiger partial charge in [-0.2, -0.15) is 0 Å². The van der Waals surface area contributed by atoms with Crippen molar-refractivity contribution >= 4 is 16.5 Å². The summed E-state index contributed by atoms with van der Waals surface area (Å²) in [6.07, 6.45) is 7.50. The van der Waals surface area contributed by atoms with Crippen molar-refractivity contribution < 1.29 is 4.74 Å². The second-order valence-corrected chi connectivity index (χ2v) is 4.44. The van der Waals surface area contributed by atoms with Gasteiger partial charge >= 0.3 is 0 Å². The van der Waals surface area contributed by atoms with Crippen molar-refractivity contribution in [3.63, 3.8) is 0 Å². The maximum Gasteiger partial charge on any atom is 0.182 e. The molecule has 0 bridgehead atoms. The normalized spacial score (nSPS) is 17.4. The van der Waals surface area contributed by atoms with Crippen molar-refractivity contribution in [2.75, 3.05) is 18.5 Å². The highest BCUT2D eigenvalue weighted by Gasteiger charge is 2.14. The molecule has 0 aromatic carbocycles. The lowest BCUT2D eigenvalue weighted by atomic mass is 10.3. The van der Waals surface area contributed by atoms with E-state index in [-0.39, 0.29) is 0 Å². The molecule has 0 amide bonds. The first-order valence-electron chi connectivity index (χ1n) is 5.20. The van der Waals surface area contributed by atoms with Gasteiger partial charge in [0.2, 0.25) is 0 Å². The molecule has 0 spiro atoms. The highest BCUT2D eigenvalue weighted by Crippen LogP contribution is 2.20. The quantitative estimate of drug-likeness (QED) is 0.761. The number of nitrogens with zero attached hydrogens (tertiary/aromatic N) is 1. The highest BCUT2D eigenvalue weighted by molar-refractivity contribution is 7.13. The van der Waals surface area contributed by atoms with Gasteiger partial charge in [0.15, 0.2) is 5.13 Å². The zero-order valence-electron chi connectivity index (χ0n) is 8.24. The van der Waals surface area contributed by atoms with Gasteiger partial charge < -0.3 is 10.1 Å². The molecule has 1 aromatic heterocycles. The number of anilines is 1. The van der Waals surface area contributed by atoms with Crippen LogP contribution in [0.2, 0.25) is 0 Å². The average molecular weight is 212 g/mol. The van der Waals surface area contributed by atoms with Crippen LogP contribution in [0, 0.1) is 0 Å². The molecule has 1 saturated carbocycles. The molecule has 78 valence electrons. The Bertz CT molecular complexity index is 245. The topological polar surface area (TPSA) is 34.1 Å². The fraction of sp³-hybridized carbons (Fsp3) is 0.700. The molecular formula is C10H16N2OS. The lowest BCUT2D eigenvalue weighted by Gasteiger charge is -2.10. The van der Waals surface area contributed by atoms with Gasteiger partial charge in [0, 0.05) is 18.1 Å². The summed E-state index contributed by atoms with van der Waals surface area (Å²) in [7, 11) is 0. The van der Waals surface area contributed by atoms with E-state index in [1.807, 2.05) is 11.6 Å². The lowest BCUT2D eigenvalue weighted by Crippen LogP contribution is -2.15. The Morgan fingerprint density at radius 2 is 2.36 bits per heavy atom. The van der Waals surface area contributed by atoms with Gasteiger partial charge in [-0.05, 0) is 12.8 Å². The summed E-state index contributed by atoms with van der Waals surface area (Å²) in [6.45, 7) is 1.66. The van der Waals surface area contributed by atoms with E-state index < -0.39 is 0 Å². The van der Waals surface area contributed by atoms with E-state index in [2.05, 4.69) is 10.3 Å². The molecule has 1 heterocycles. The third-order valence-electron chi connectivity index (χ3n) is 2.47. The van der Waals surface area contributed by atoms with Gasteiger partial charge in [0.1, 0.15) is 0 Å². The summed E-state index contributed by atoms with van der Waals surface area (Å²) >= 11 is 1.63. The van der Waals surface area contributed by atoms with E-state index in [1.54, 1.807) is 11.3 Å². The Kier molecular flexibility index (Phi) is 3.77. The molecule has 0 radical (unpaired) electrons. The molecule has 2 rings (SSSR count). The number of thiazole rings is 1. The lowest BCUT2D eigenvalue weighted by molar-refractivity contribution is 0.0659. The molecule has 1 aliphatic carbocycles. The molecular weight excluding hydrogens is 196 g/mol. The van der Waals surface area contributed by atoms with Crippen LogP contribution in [-0.4, -0.2) is 24.2 Å². The molecule has 0 aliphatic heterocycles. The molecule has 0 atom stereocenters. The van der Waals surface area contributed by atoms with Crippen molar-refractivity contribution in [3.05, 3.63) is 11.6 Å². The minimum atomic E-state index is 0.521. The van der Waals surface area contributed by atoms with Gasteiger partial charge in [-0.3, -0.25) is 0 Å². The monoisotopic (exact) mass is 212 g/mol. The van der Waals surface area contributed by atoms with Crippen molar-refractivity contribution in [2.45, 2.75) is 31.8 Å². The van der Waals surface area contributed by atoms with E-state index in [4.69, 9.17) is 4.74 Å². The summed E-state index contributed by atoms with van der Waals surface area (Å²) < 4.78 is 5.72. The van der Waals surface area contributed by atoms with Crippen LogP contribution in [-0.2, 0) is 4.74 Å². The molecule has 1 aliphatic rings. The second-order valence-electron chi connectivity index (χ2n) is 3.54. The molecule has 0 saturated heterocycles. The van der Waals surface area contributed by atoms with Gasteiger partial charge in [0.05, 0.1) is 12.7 Å². The van der Waals surface area contributed by atoms with Crippen LogP contribution < -0.4 is 5.32 Å². The van der Waals surface area contributed by atoms with Crippen LogP contribution in [0.4, 0.5) is 5.13 Å². The SMILES string of the molecule is c1csc(NCCOC2CCCC2)n1. The molecule has 14 heavy (non-hydrogen) atoms. The maximum atomic E-state index is 5.72. The van der Waals surface area contributed by atoms with Crippen molar-refractivity contribution in [1.82, 2.24) is 4.98 Å². The first-order chi connectivity index (χ1) is 6.95. The zero-order valence-corrected chi connectivity index (χ0v) is 9.05. The predicted molar refractivity (Wildman–Crippen MR) is 58.8 cm³/mol. The van der Waals surface area contributed by atoms with Crippen LogP contribution in [0.15, 0.2) is 11.6 Å². The number of rotatable bonds is 5. The third kappa shape index (κ3) is 2.96. The van der Waals surface area contributed by atoms with Crippen molar-refractivity contribution in [1.29, 1.82) is 0 Å². The zero-order chi connectivity index (χ0) is 9.64. The largest absolute Gasteiger partial charge is 0.376 e. The van der Waals surface area contributed by atoms with Crippen molar-refractivity contribution in [3.8, 4) is 0 Å².